The second-order valence-corrected chi connectivity index (χ2v) is 7.79. The minimum absolute atomic E-state index is 0. The van der Waals surface area contributed by atoms with E-state index in [2.05, 4.69) is 15.6 Å². The van der Waals surface area contributed by atoms with Gasteiger partial charge in [-0.15, -0.1) is 24.0 Å². The molecule has 1 aliphatic heterocycles. The summed E-state index contributed by atoms with van der Waals surface area (Å²) in [5.41, 5.74) is 0.603. The number of hydrogen-bond acceptors (Lipinski definition) is 4. The van der Waals surface area contributed by atoms with E-state index in [0.29, 0.717) is 32.0 Å². The lowest BCUT2D eigenvalue weighted by Crippen LogP contribution is -2.63. The molecule has 1 amide bonds. The molecule has 1 heterocycles. The fraction of sp³-hybridized carbons (Fsp3) is 0.600. The molecule has 1 saturated heterocycles. The van der Waals surface area contributed by atoms with Crippen molar-refractivity contribution in [1.29, 1.82) is 0 Å². The van der Waals surface area contributed by atoms with Crippen LogP contribution in [-0.4, -0.2) is 66.0 Å². The highest BCUT2D eigenvalue weighted by atomic mass is 127. The number of nitrogens with zero attached hydrogens (tertiary/aromatic N) is 2. The van der Waals surface area contributed by atoms with Crippen molar-refractivity contribution in [3.8, 4) is 0 Å². The lowest BCUT2D eigenvalue weighted by atomic mass is 10.1. The number of halogens is 1. The van der Waals surface area contributed by atoms with Gasteiger partial charge in [-0.1, -0.05) is 30.3 Å². The zero-order valence-corrected chi connectivity index (χ0v) is 19.5. The molecule has 158 valence electrons. The standard InChI is InChI=1S/C20H32N4O3.HI/c1-5-21-18(22-12-17(25)11-15-9-7-6-8-10-15)23-16-13-24(14-16)19(26)27-20(2,3)4;/h6-10,16-17,25H,5,11-14H2,1-4H3,(H2,21,22,23);1H. The van der Waals surface area contributed by atoms with Gasteiger partial charge in [-0.05, 0) is 33.3 Å². The predicted molar refractivity (Wildman–Crippen MR) is 122 cm³/mol. The molecular weight excluding hydrogens is 471 g/mol. The molecule has 0 spiro atoms. The van der Waals surface area contributed by atoms with Gasteiger partial charge in [0.25, 0.3) is 0 Å². The fourth-order valence-corrected chi connectivity index (χ4v) is 2.71. The van der Waals surface area contributed by atoms with E-state index < -0.39 is 11.7 Å². The number of carbonyl (C=O) groups is 1. The summed E-state index contributed by atoms with van der Waals surface area (Å²) < 4.78 is 5.36. The molecule has 7 nitrogen and oxygen atoms in total. The number of carbonyl (C=O) groups excluding carboxylic acids is 1. The molecule has 1 aromatic carbocycles. The van der Waals surface area contributed by atoms with Crippen molar-refractivity contribution < 1.29 is 14.6 Å². The predicted octanol–water partition coefficient (Wildman–Crippen LogP) is 2.38. The molecule has 0 radical (unpaired) electrons. The van der Waals surface area contributed by atoms with Gasteiger partial charge in [-0.25, -0.2) is 4.79 Å². The van der Waals surface area contributed by atoms with E-state index in [1.54, 1.807) is 4.90 Å². The summed E-state index contributed by atoms with van der Waals surface area (Å²) in [7, 11) is 0. The van der Waals surface area contributed by atoms with Gasteiger partial charge < -0.3 is 25.4 Å². The second-order valence-electron chi connectivity index (χ2n) is 7.79. The molecule has 3 N–H and O–H groups in total. The first-order chi connectivity index (χ1) is 12.8. The van der Waals surface area contributed by atoms with Crippen LogP contribution >= 0.6 is 24.0 Å². The fourth-order valence-electron chi connectivity index (χ4n) is 2.71. The van der Waals surface area contributed by atoms with E-state index in [9.17, 15) is 9.90 Å². The van der Waals surface area contributed by atoms with Crippen LogP contribution in [0.4, 0.5) is 4.79 Å². The zero-order chi connectivity index (χ0) is 19.9. The Morgan fingerprint density at radius 1 is 1.32 bits per heavy atom. The maximum absolute atomic E-state index is 12.0. The van der Waals surface area contributed by atoms with Gasteiger partial charge in [0, 0.05) is 26.1 Å². The SMILES string of the molecule is CCNC(=NCC(O)Cc1ccccc1)NC1CN(C(=O)OC(C)(C)C)C1.I. The summed E-state index contributed by atoms with van der Waals surface area (Å²) in [5, 5.41) is 16.7. The molecule has 28 heavy (non-hydrogen) atoms. The lowest BCUT2D eigenvalue weighted by Gasteiger charge is -2.40. The Labute approximate surface area is 185 Å². The maximum Gasteiger partial charge on any atom is 0.410 e. The van der Waals surface area contributed by atoms with E-state index in [1.165, 1.54) is 0 Å². The Bertz CT molecular complexity index is 628. The molecule has 0 aliphatic carbocycles. The number of amides is 1. The van der Waals surface area contributed by atoms with Crippen molar-refractivity contribution in [2.75, 3.05) is 26.2 Å². The number of benzene rings is 1. The molecule has 0 bridgehead atoms. The van der Waals surface area contributed by atoms with Gasteiger partial charge in [-0.3, -0.25) is 4.99 Å². The average Bonchev–Trinajstić information content (AvgIpc) is 2.54. The van der Waals surface area contributed by atoms with Crippen LogP contribution in [0.2, 0.25) is 0 Å². The molecule has 0 saturated carbocycles. The third kappa shape index (κ3) is 8.64. The number of ether oxygens (including phenoxy) is 1. The highest BCUT2D eigenvalue weighted by Crippen LogP contribution is 2.15. The molecular formula is C20H33IN4O3. The highest BCUT2D eigenvalue weighted by Gasteiger charge is 2.34. The van der Waals surface area contributed by atoms with E-state index in [0.717, 1.165) is 12.1 Å². The normalized spacial score (nSPS) is 15.9. The van der Waals surface area contributed by atoms with Crippen LogP contribution in [-0.2, 0) is 11.2 Å². The largest absolute Gasteiger partial charge is 0.444 e. The minimum Gasteiger partial charge on any atom is -0.444 e. The number of likely N-dealkylation sites (tertiary alicyclic amines) is 1. The van der Waals surface area contributed by atoms with Gasteiger partial charge in [0.1, 0.15) is 5.60 Å². The number of nitrogens with one attached hydrogen (secondary N) is 2. The second kappa shape index (κ2) is 11.5. The van der Waals surface area contributed by atoms with Gasteiger partial charge >= 0.3 is 6.09 Å². The first kappa shape index (κ1) is 24.5. The molecule has 1 aromatic rings. The molecule has 8 heteroatoms. The lowest BCUT2D eigenvalue weighted by molar-refractivity contribution is 0.00701. The average molecular weight is 504 g/mol. The molecule has 1 aliphatic rings. The number of hydrogen-bond donors (Lipinski definition) is 3. The monoisotopic (exact) mass is 504 g/mol. The number of aliphatic hydroxyl groups excluding tert-OH is 1. The van der Waals surface area contributed by atoms with E-state index in [-0.39, 0.29) is 36.1 Å². The van der Waals surface area contributed by atoms with Crippen LogP contribution in [0.3, 0.4) is 0 Å². The summed E-state index contributed by atoms with van der Waals surface area (Å²) in [5.74, 6) is 0.651. The number of rotatable bonds is 6. The third-order valence-corrected chi connectivity index (χ3v) is 3.99. The van der Waals surface area contributed by atoms with Crippen molar-refractivity contribution in [3.05, 3.63) is 35.9 Å². The Morgan fingerprint density at radius 2 is 1.96 bits per heavy atom. The molecule has 0 aromatic heterocycles. The van der Waals surface area contributed by atoms with Gasteiger partial charge in [0.2, 0.25) is 0 Å². The summed E-state index contributed by atoms with van der Waals surface area (Å²) in [6.45, 7) is 9.75. The smallest absolute Gasteiger partial charge is 0.410 e. The number of aliphatic imine (C=N–C) groups is 1. The van der Waals surface area contributed by atoms with Crippen molar-refractivity contribution >= 4 is 36.0 Å². The topological polar surface area (TPSA) is 86.2 Å². The van der Waals surface area contributed by atoms with Crippen molar-refractivity contribution in [2.45, 2.75) is 51.9 Å². The molecule has 1 unspecified atom stereocenters. The van der Waals surface area contributed by atoms with Crippen LogP contribution in [0, 0.1) is 0 Å². The minimum atomic E-state index is -0.539. The van der Waals surface area contributed by atoms with Gasteiger partial charge in [0.05, 0.1) is 18.7 Å². The first-order valence-corrected chi connectivity index (χ1v) is 9.51. The van der Waals surface area contributed by atoms with Crippen LogP contribution in [0.1, 0.15) is 33.3 Å². The van der Waals surface area contributed by atoms with E-state index in [4.69, 9.17) is 4.74 Å². The quantitative estimate of drug-likeness (QED) is 0.315. The van der Waals surface area contributed by atoms with Crippen LogP contribution in [0.25, 0.3) is 0 Å². The third-order valence-electron chi connectivity index (χ3n) is 3.99. The van der Waals surface area contributed by atoms with Gasteiger partial charge in [-0.2, -0.15) is 0 Å². The number of guanidine groups is 1. The van der Waals surface area contributed by atoms with Crippen LogP contribution in [0.15, 0.2) is 35.3 Å². The van der Waals surface area contributed by atoms with Crippen LogP contribution in [0.5, 0.6) is 0 Å². The zero-order valence-electron chi connectivity index (χ0n) is 17.1. The Morgan fingerprint density at radius 3 is 2.54 bits per heavy atom. The molecule has 2 rings (SSSR count). The van der Waals surface area contributed by atoms with Crippen molar-refractivity contribution in [1.82, 2.24) is 15.5 Å². The summed E-state index contributed by atoms with van der Waals surface area (Å²) >= 11 is 0. The first-order valence-electron chi connectivity index (χ1n) is 9.51. The maximum atomic E-state index is 12.0. The summed E-state index contributed by atoms with van der Waals surface area (Å²) in [6, 6.07) is 10.0. The molecule has 1 fully saturated rings. The summed E-state index contributed by atoms with van der Waals surface area (Å²) in [4.78, 5) is 18.1. The molecule has 1 atom stereocenters. The highest BCUT2D eigenvalue weighted by molar-refractivity contribution is 14.0. The Balaban J connectivity index is 0.00000392. The van der Waals surface area contributed by atoms with Crippen molar-refractivity contribution in [3.63, 3.8) is 0 Å². The Kier molecular flexibility index (Phi) is 10.0. The van der Waals surface area contributed by atoms with E-state index >= 15 is 0 Å². The van der Waals surface area contributed by atoms with E-state index in [1.807, 2.05) is 58.0 Å². The summed E-state index contributed by atoms with van der Waals surface area (Å²) in [6.07, 6.45) is -0.261. The van der Waals surface area contributed by atoms with Crippen molar-refractivity contribution in [2.24, 2.45) is 4.99 Å². The van der Waals surface area contributed by atoms with Crippen LogP contribution < -0.4 is 10.6 Å². The number of aliphatic hydroxyl groups is 1. The Hall–Kier alpha value is -1.55. The van der Waals surface area contributed by atoms with Gasteiger partial charge in [0.15, 0.2) is 5.96 Å².